The first-order chi connectivity index (χ1) is 14.6. The minimum Gasteiger partial charge on any atom is -0.351 e. The second-order valence-electron chi connectivity index (χ2n) is 8.75. The summed E-state index contributed by atoms with van der Waals surface area (Å²) in [6.45, 7) is 3.81. The van der Waals surface area contributed by atoms with E-state index in [4.69, 9.17) is 11.6 Å². The molecule has 1 unspecified atom stereocenters. The van der Waals surface area contributed by atoms with Gasteiger partial charge < -0.3 is 10.2 Å². The van der Waals surface area contributed by atoms with Crippen molar-refractivity contribution in [3.05, 3.63) is 37.7 Å². The predicted octanol–water partition coefficient (Wildman–Crippen LogP) is 5.48. The van der Waals surface area contributed by atoms with E-state index in [0.717, 1.165) is 37.0 Å². The Hall–Kier alpha value is -0.930. The van der Waals surface area contributed by atoms with Gasteiger partial charge in [0.05, 0.1) is 15.2 Å². The summed E-state index contributed by atoms with van der Waals surface area (Å²) in [6, 6.07) is 4.78. The second-order valence-corrected chi connectivity index (χ2v) is 13.5. The van der Waals surface area contributed by atoms with Crippen LogP contribution in [0.2, 0.25) is 5.02 Å². The zero-order valence-electron chi connectivity index (χ0n) is 18.4. The molecule has 1 aliphatic carbocycles. The van der Waals surface area contributed by atoms with Crippen LogP contribution in [0.4, 0.5) is 0 Å². The highest BCUT2D eigenvalue weighted by Crippen LogP contribution is 2.40. The molecule has 3 rings (SSSR count). The van der Waals surface area contributed by atoms with Crippen molar-refractivity contribution in [1.29, 1.82) is 0 Å². The molecule has 2 aromatic heterocycles. The molecule has 172 valence electrons. The third kappa shape index (κ3) is 5.53. The summed E-state index contributed by atoms with van der Waals surface area (Å²) in [5.41, 5.74) is 0. The van der Waals surface area contributed by atoms with Crippen molar-refractivity contribution in [2.45, 2.75) is 55.7 Å². The van der Waals surface area contributed by atoms with Crippen molar-refractivity contribution >= 4 is 50.0 Å². The standard InChI is InChI=1S/C22H31ClN2O3S3/c1-14(2)31(27,28)18-13-30-21(19(18)23)22(26)24-12-15-7-9-16(10-8-15)20(25(3)4)17-6-5-11-29-17/h5-6,11,13-16,20H,7-10,12H2,1-4H3,(H,24,26). The normalized spacial score (nSPS) is 20.9. The van der Waals surface area contributed by atoms with E-state index in [1.807, 2.05) is 11.3 Å². The molecule has 1 N–H and O–H groups in total. The number of hydrogen-bond donors (Lipinski definition) is 1. The van der Waals surface area contributed by atoms with Gasteiger partial charge in [-0.25, -0.2) is 8.42 Å². The number of rotatable bonds is 8. The van der Waals surface area contributed by atoms with Crippen molar-refractivity contribution in [3.63, 3.8) is 0 Å². The molecular weight excluding hydrogens is 472 g/mol. The Bertz CT molecular complexity index is 976. The lowest BCUT2D eigenvalue weighted by Gasteiger charge is -2.37. The number of nitrogens with zero attached hydrogens (tertiary/aromatic N) is 1. The highest BCUT2D eigenvalue weighted by atomic mass is 35.5. The topological polar surface area (TPSA) is 66.5 Å². The van der Waals surface area contributed by atoms with E-state index in [-0.39, 0.29) is 20.7 Å². The van der Waals surface area contributed by atoms with Crippen LogP contribution >= 0.6 is 34.3 Å². The Labute approximate surface area is 198 Å². The van der Waals surface area contributed by atoms with Crippen LogP contribution in [0, 0.1) is 11.8 Å². The van der Waals surface area contributed by atoms with Gasteiger partial charge in [-0.15, -0.1) is 22.7 Å². The highest BCUT2D eigenvalue weighted by Gasteiger charge is 2.31. The van der Waals surface area contributed by atoms with E-state index >= 15 is 0 Å². The molecule has 1 fully saturated rings. The minimum absolute atomic E-state index is 0.0460. The van der Waals surface area contributed by atoms with E-state index in [0.29, 0.717) is 24.4 Å². The van der Waals surface area contributed by atoms with Crippen LogP contribution in [-0.2, 0) is 9.84 Å². The lowest BCUT2D eigenvalue weighted by molar-refractivity contribution is 0.0939. The van der Waals surface area contributed by atoms with Gasteiger partial charge in [0.1, 0.15) is 4.88 Å². The van der Waals surface area contributed by atoms with Crippen LogP contribution in [-0.4, -0.2) is 45.1 Å². The zero-order chi connectivity index (χ0) is 22.8. The summed E-state index contributed by atoms with van der Waals surface area (Å²) in [6.07, 6.45) is 4.42. The molecule has 31 heavy (non-hydrogen) atoms. The Morgan fingerprint density at radius 1 is 1.23 bits per heavy atom. The lowest BCUT2D eigenvalue weighted by atomic mass is 9.77. The van der Waals surface area contributed by atoms with Gasteiger partial charge in [0.15, 0.2) is 9.84 Å². The smallest absolute Gasteiger partial charge is 0.262 e. The van der Waals surface area contributed by atoms with E-state index in [9.17, 15) is 13.2 Å². The average Bonchev–Trinajstić information content (AvgIpc) is 3.37. The fraction of sp³-hybridized carbons (Fsp3) is 0.591. The molecule has 2 aromatic rings. The number of nitrogens with one attached hydrogen (secondary N) is 1. The Kier molecular flexibility index (Phi) is 8.24. The third-order valence-corrected chi connectivity index (χ3v) is 11.0. The summed E-state index contributed by atoms with van der Waals surface area (Å²) in [4.78, 5) is 16.7. The first-order valence-electron chi connectivity index (χ1n) is 10.6. The van der Waals surface area contributed by atoms with Crippen molar-refractivity contribution in [3.8, 4) is 0 Å². The Morgan fingerprint density at radius 2 is 1.90 bits per heavy atom. The van der Waals surface area contributed by atoms with Crippen LogP contribution in [0.3, 0.4) is 0 Å². The van der Waals surface area contributed by atoms with Crippen LogP contribution < -0.4 is 5.32 Å². The van der Waals surface area contributed by atoms with Crippen LogP contribution in [0.15, 0.2) is 27.8 Å². The lowest BCUT2D eigenvalue weighted by Crippen LogP contribution is -2.34. The SMILES string of the molecule is CC(C)S(=O)(=O)c1csc(C(=O)NCC2CCC(C(c3cccs3)N(C)C)CC2)c1Cl. The number of hydrogen-bond acceptors (Lipinski definition) is 6. The molecule has 0 spiro atoms. The summed E-state index contributed by atoms with van der Waals surface area (Å²) >= 11 is 9.18. The van der Waals surface area contributed by atoms with Gasteiger partial charge in [-0.2, -0.15) is 0 Å². The van der Waals surface area contributed by atoms with E-state index in [1.54, 1.807) is 13.8 Å². The van der Waals surface area contributed by atoms with Gasteiger partial charge in [0.2, 0.25) is 0 Å². The van der Waals surface area contributed by atoms with Gasteiger partial charge >= 0.3 is 0 Å². The van der Waals surface area contributed by atoms with Gasteiger partial charge in [-0.05, 0) is 76.9 Å². The van der Waals surface area contributed by atoms with E-state index in [2.05, 4.69) is 41.8 Å². The molecule has 0 bridgehead atoms. The number of carbonyl (C=O) groups is 1. The first-order valence-corrected chi connectivity index (χ1v) is 14.3. The summed E-state index contributed by atoms with van der Waals surface area (Å²) in [5.74, 6) is 0.771. The van der Waals surface area contributed by atoms with E-state index < -0.39 is 15.1 Å². The van der Waals surface area contributed by atoms with Crippen LogP contribution in [0.25, 0.3) is 0 Å². The molecule has 1 atom stereocenters. The van der Waals surface area contributed by atoms with Crippen LogP contribution in [0.5, 0.6) is 0 Å². The molecule has 5 nitrogen and oxygen atoms in total. The second kappa shape index (κ2) is 10.3. The molecule has 9 heteroatoms. The number of thiophene rings is 2. The maximum atomic E-state index is 12.7. The van der Waals surface area contributed by atoms with Gasteiger partial charge in [-0.3, -0.25) is 4.79 Å². The molecule has 0 aliphatic heterocycles. The molecule has 1 amide bonds. The number of sulfone groups is 1. The molecule has 1 aliphatic rings. The van der Waals surface area contributed by atoms with Gasteiger partial charge in [0.25, 0.3) is 5.91 Å². The summed E-state index contributed by atoms with van der Waals surface area (Å²) in [7, 11) is 0.796. The van der Waals surface area contributed by atoms with E-state index in [1.165, 1.54) is 10.3 Å². The molecular formula is C22H31ClN2O3S3. The number of amides is 1. The molecule has 2 heterocycles. The molecule has 0 saturated heterocycles. The van der Waals surface area contributed by atoms with Gasteiger partial charge in [0, 0.05) is 22.8 Å². The Morgan fingerprint density at radius 3 is 2.45 bits per heavy atom. The fourth-order valence-electron chi connectivity index (χ4n) is 4.32. The van der Waals surface area contributed by atoms with Gasteiger partial charge in [-0.1, -0.05) is 17.7 Å². The van der Waals surface area contributed by atoms with Crippen molar-refractivity contribution in [2.75, 3.05) is 20.6 Å². The van der Waals surface area contributed by atoms with Crippen molar-refractivity contribution in [2.24, 2.45) is 11.8 Å². The quantitative estimate of drug-likeness (QED) is 0.518. The molecule has 0 aromatic carbocycles. The maximum absolute atomic E-state index is 12.7. The van der Waals surface area contributed by atoms with Crippen molar-refractivity contribution in [1.82, 2.24) is 10.2 Å². The monoisotopic (exact) mass is 502 g/mol. The molecule has 1 saturated carbocycles. The first kappa shape index (κ1) is 24.7. The summed E-state index contributed by atoms with van der Waals surface area (Å²) < 4.78 is 24.8. The maximum Gasteiger partial charge on any atom is 0.262 e. The Balaban J connectivity index is 1.55. The van der Waals surface area contributed by atoms with Crippen molar-refractivity contribution < 1.29 is 13.2 Å². The highest BCUT2D eigenvalue weighted by molar-refractivity contribution is 7.92. The largest absolute Gasteiger partial charge is 0.351 e. The minimum atomic E-state index is -3.50. The number of halogens is 1. The number of carbonyl (C=O) groups excluding carboxylic acids is 1. The zero-order valence-corrected chi connectivity index (χ0v) is 21.6. The summed E-state index contributed by atoms with van der Waals surface area (Å²) in [5, 5.41) is 6.07. The molecule has 0 radical (unpaired) electrons. The average molecular weight is 503 g/mol. The fourth-order valence-corrected chi connectivity index (χ4v) is 8.34. The predicted molar refractivity (Wildman–Crippen MR) is 130 cm³/mol. The van der Waals surface area contributed by atoms with Crippen LogP contribution in [0.1, 0.15) is 60.1 Å². The third-order valence-electron chi connectivity index (χ3n) is 6.11.